The fourth-order valence-electron chi connectivity index (χ4n) is 2.42. The summed E-state index contributed by atoms with van der Waals surface area (Å²) in [4.78, 5) is 11.0. The number of rotatable bonds is 3. The third-order valence-electron chi connectivity index (χ3n) is 3.29. The van der Waals surface area contributed by atoms with Crippen LogP contribution in [0.3, 0.4) is 0 Å². The minimum Gasteiger partial charge on any atom is -0.355 e. The topological polar surface area (TPSA) is 34.0 Å². The molecule has 0 fully saturated rings. The third-order valence-corrected chi connectivity index (χ3v) is 3.29. The number of carbonyl (C=O) groups excluding carboxylic acids is 1. The molecule has 0 aliphatic heterocycles. The van der Waals surface area contributed by atoms with Gasteiger partial charge in [0.2, 0.25) is 5.91 Å². The first-order valence-electron chi connectivity index (χ1n) is 6.73. The number of hydrogen-bond acceptors (Lipinski definition) is 1. The highest BCUT2D eigenvalue weighted by molar-refractivity contribution is 5.81. The van der Waals surface area contributed by atoms with E-state index in [-0.39, 0.29) is 11.3 Å². The van der Waals surface area contributed by atoms with Crippen LogP contribution >= 0.6 is 0 Å². The van der Waals surface area contributed by atoms with E-state index in [1.54, 1.807) is 6.92 Å². The Morgan fingerprint density at radius 1 is 1.26 bits per heavy atom. The lowest BCUT2D eigenvalue weighted by atomic mass is 9.92. The van der Waals surface area contributed by atoms with E-state index in [0.717, 1.165) is 6.54 Å². The fourth-order valence-corrected chi connectivity index (χ4v) is 2.42. The summed E-state index contributed by atoms with van der Waals surface area (Å²) in [6.45, 7) is 9.68. The van der Waals surface area contributed by atoms with Crippen LogP contribution in [0, 0.1) is 0 Å². The third kappa shape index (κ3) is 2.98. The molecule has 102 valence electrons. The molecule has 0 saturated carbocycles. The molecular formula is C16H22N2O. The van der Waals surface area contributed by atoms with E-state index in [9.17, 15) is 4.79 Å². The molecule has 0 saturated heterocycles. The summed E-state index contributed by atoms with van der Waals surface area (Å²) < 4.78 is 2.31. The lowest BCUT2D eigenvalue weighted by Gasteiger charge is -2.22. The van der Waals surface area contributed by atoms with Crippen molar-refractivity contribution >= 4 is 16.8 Å². The Kier molecular flexibility index (Phi) is 3.65. The van der Waals surface area contributed by atoms with Gasteiger partial charge in [0.25, 0.3) is 0 Å². The monoisotopic (exact) mass is 258 g/mol. The maximum Gasteiger partial charge on any atom is 0.216 e. The van der Waals surface area contributed by atoms with Crippen LogP contribution in [0.5, 0.6) is 0 Å². The van der Waals surface area contributed by atoms with Crippen molar-refractivity contribution in [2.45, 2.75) is 39.7 Å². The Labute approximate surface area is 114 Å². The van der Waals surface area contributed by atoms with Gasteiger partial charge in [0.05, 0.1) is 0 Å². The van der Waals surface area contributed by atoms with Crippen LogP contribution in [0.2, 0.25) is 0 Å². The second kappa shape index (κ2) is 5.08. The predicted molar refractivity (Wildman–Crippen MR) is 79.3 cm³/mol. The first kappa shape index (κ1) is 13.7. The van der Waals surface area contributed by atoms with Gasteiger partial charge in [-0.3, -0.25) is 4.79 Å². The smallest absolute Gasteiger partial charge is 0.216 e. The average molecular weight is 258 g/mol. The van der Waals surface area contributed by atoms with Crippen molar-refractivity contribution in [2.24, 2.45) is 0 Å². The highest BCUT2D eigenvalue weighted by Crippen LogP contribution is 2.29. The molecule has 1 aromatic carbocycles. The lowest BCUT2D eigenvalue weighted by Crippen LogP contribution is -2.26. The molecule has 1 heterocycles. The van der Waals surface area contributed by atoms with Crippen LogP contribution in [0.1, 0.15) is 33.4 Å². The summed E-state index contributed by atoms with van der Waals surface area (Å²) in [5, 5.41) is 4.13. The van der Waals surface area contributed by atoms with Crippen LogP contribution in [-0.4, -0.2) is 17.0 Å². The van der Waals surface area contributed by atoms with E-state index in [4.69, 9.17) is 0 Å². The first-order valence-corrected chi connectivity index (χ1v) is 6.73. The molecule has 3 nitrogen and oxygen atoms in total. The Hall–Kier alpha value is -1.77. The van der Waals surface area contributed by atoms with Gasteiger partial charge >= 0.3 is 0 Å². The van der Waals surface area contributed by atoms with E-state index in [1.165, 1.54) is 16.6 Å². The van der Waals surface area contributed by atoms with Crippen LogP contribution in [0.15, 0.2) is 30.3 Å². The number of nitrogens with one attached hydrogen (secondary N) is 1. The number of benzene rings is 1. The van der Waals surface area contributed by atoms with E-state index < -0.39 is 0 Å². The Bertz CT molecular complexity index is 590. The highest BCUT2D eigenvalue weighted by atomic mass is 16.1. The van der Waals surface area contributed by atoms with Gasteiger partial charge in [-0.15, -0.1) is 0 Å². The lowest BCUT2D eigenvalue weighted by molar-refractivity contribution is -0.118. The molecule has 0 atom stereocenters. The number of para-hydroxylation sites is 1. The van der Waals surface area contributed by atoms with Gasteiger partial charge in [-0.2, -0.15) is 0 Å². The van der Waals surface area contributed by atoms with Gasteiger partial charge in [0, 0.05) is 36.6 Å². The van der Waals surface area contributed by atoms with Crippen molar-refractivity contribution in [3.63, 3.8) is 0 Å². The number of hydrogen-bond donors (Lipinski definition) is 1. The maximum atomic E-state index is 11.0. The van der Waals surface area contributed by atoms with E-state index in [1.807, 2.05) is 0 Å². The van der Waals surface area contributed by atoms with Crippen molar-refractivity contribution in [1.29, 1.82) is 0 Å². The molecule has 0 radical (unpaired) electrons. The normalized spacial score (nSPS) is 11.8. The number of aromatic nitrogens is 1. The zero-order chi connectivity index (χ0) is 14.0. The summed E-state index contributed by atoms with van der Waals surface area (Å²) in [5.41, 5.74) is 2.63. The van der Waals surface area contributed by atoms with Crippen LogP contribution in [0.4, 0.5) is 0 Å². The largest absolute Gasteiger partial charge is 0.355 e. The van der Waals surface area contributed by atoms with Gasteiger partial charge in [0.15, 0.2) is 0 Å². The molecule has 1 aromatic heterocycles. The van der Waals surface area contributed by atoms with Crippen molar-refractivity contribution in [3.8, 4) is 0 Å². The van der Waals surface area contributed by atoms with Crippen molar-refractivity contribution in [3.05, 3.63) is 36.0 Å². The van der Waals surface area contributed by atoms with Gasteiger partial charge in [0.1, 0.15) is 0 Å². The summed E-state index contributed by atoms with van der Waals surface area (Å²) in [6, 6.07) is 10.7. The van der Waals surface area contributed by atoms with Crippen LogP contribution in [-0.2, 0) is 16.8 Å². The molecule has 2 rings (SSSR count). The number of carbonyl (C=O) groups is 1. The standard InChI is InChI=1S/C16H22N2O/c1-12(19)17-9-10-18-14-8-6-5-7-13(14)11-15(18)16(2,3)4/h5-8,11H,9-10H2,1-4H3,(H,17,19). The second-order valence-corrected chi connectivity index (χ2v) is 5.97. The fraction of sp³-hybridized carbons (Fsp3) is 0.438. The minimum absolute atomic E-state index is 0.0220. The van der Waals surface area contributed by atoms with Crippen LogP contribution in [0.25, 0.3) is 10.9 Å². The van der Waals surface area contributed by atoms with Gasteiger partial charge in [-0.05, 0) is 17.5 Å². The zero-order valence-electron chi connectivity index (χ0n) is 12.2. The summed E-state index contributed by atoms with van der Waals surface area (Å²) in [5.74, 6) is 0.0220. The van der Waals surface area contributed by atoms with E-state index in [0.29, 0.717) is 6.54 Å². The van der Waals surface area contributed by atoms with Gasteiger partial charge < -0.3 is 9.88 Å². The van der Waals surface area contributed by atoms with Crippen molar-refractivity contribution in [1.82, 2.24) is 9.88 Å². The molecule has 0 bridgehead atoms. The highest BCUT2D eigenvalue weighted by Gasteiger charge is 2.20. The molecular weight excluding hydrogens is 236 g/mol. The predicted octanol–water partition coefficient (Wildman–Crippen LogP) is 3.07. The SMILES string of the molecule is CC(=O)NCCn1c(C(C)(C)C)cc2ccccc21. The molecule has 0 spiro atoms. The maximum absolute atomic E-state index is 11.0. The summed E-state index contributed by atoms with van der Waals surface area (Å²) >= 11 is 0. The van der Waals surface area contributed by atoms with Crippen molar-refractivity contribution < 1.29 is 4.79 Å². The second-order valence-electron chi connectivity index (χ2n) is 5.97. The van der Waals surface area contributed by atoms with Gasteiger partial charge in [-0.1, -0.05) is 39.0 Å². The Morgan fingerprint density at radius 2 is 1.95 bits per heavy atom. The first-order chi connectivity index (χ1) is 8.89. The molecule has 2 aromatic rings. The molecule has 1 N–H and O–H groups in total. The summed E-state index contributed by atoms with van der Waals surface area (Å²) in [7, 11) is 0. The zero-order valence-corrected chi connectivity index (χ0v) is 12.2. The molecule has 0 unspecified atom stereocenters. The summed E-state index contributed by atoms with van der Waals surface area (Å²) in [6.07, 6.45) is 0. The van der Waals surface area contributed by atoms with Gasteiger partial charge in [-0.25, -0.2) is 0 Å². The number of nitrogens with zero attached hydrogens (tertiary/aromatic N) is 1. The Morgan fingerprint density at radius 3 is 2.58 bits per heavy atom. The van der Waals surface area contributed by atoms with E-state index >= 15 is 0 Å². The average Bonchev–Trinajstić information content (AvgIpc) is 2.68. The quantitative estimate of drug-likeness (QED) is 0.902. The number of fused-ring (bicyclic) bond motifs is 1. The molecule has 0 aliphatic rings. The Balaban J connectivity index is 2.40. The van der Waals surface area contributed by atoms with Crippen LogP contribution < -0.4 is 5.32 Å². The van der Waals surface area contributed by atoms with E-state index in [2.05, 4.69) is 61.0 Å². The molecule has 3 heteroatoms. The minimum atomic E-state index is 0.0220. The molecule has 1 amide bonds. The number of amides is 1. The molecule has 0 aliphatic carbocycles. The molecule has 19 heavy (non-hydrogen) atoms. The van der Waals surface area contributed by atoms with Crippen molar-refractivity contribution in [2.75, 3.05) is 6.54 Å².